The Morgan fingerprint density at radius 2 is 2.05 bits per heavy atom. The average molecular weight is 277 g/mol. The van der Waals surface area contributed by atoms with Gasteiger partial charge in [0, 0.05) is 34.7 Å². The zero-order chi connectivity index (χ0) is 13.2. The molecule has 0 bridgehead atoms. The van der Waals surface area contributed by atoms with Gasteiger partial charge in [-0.05, 0) is 49.3 Å². The highest BCUT2D eigenvalue weighted by molar-refractivity contribution is 6.31. The Labute approximate surface area is 119 Å². The third-order valence-electron chi connectivity index (χ3n) is 4.33. The number of H-pyrrole nitrogens is 1. The minimum atomic E-state index is 0.688. The summed E-state index contributed by atoms with van der Waals surface area (Å²) in [6.07, 6.45) is 7.45. The van der Waals surface area contributed by atoms with E-state index in [1.54, 1.807) is 0 Å². The van der Waals surface area contributed by atoms with Crippen LogP contribution in [-0.2, 0) is 6.54 Å². The van der Waals surface area contributed by atoms with Crippen LogP contribution in [0.5, 0.6) is 0 Å². The molecule has 102 valence electrons. The Balaban J connectivity index is 1.65. The van der Waals surface area contributed by atoms with Crippen LogP contribution in [0.1, 0.15) is 38.2 Å². The molecule has 1 aliphatic carbocycles. The van der Waals surface area contributed by atoms with E-state index >= 15 is 0 Å². The first kappa shape index (κ1) is 13.0. The minimum Gasteiger partial charge on any atom is -0.361 e. The second kappa shape index (κ2) is 5.56. The van der Waals surface area contributed by atoms with Crippen molar-refractivity contribution in [2.24, 2.45) is 5.92 Å². The fourth-order valence-electron chi connectivity index (χ4n) is 3.02. The summed E-state index contributed by atoms with van der Waals surface area (Å²) < 4.78 is 0. The van der Waals surface area contributed by atoms with Crippen LogP contribution < -0.4 is 5.32 Å². The Hall–Kier alpha value is -0.990. The molecule has 0 aliphatic heterocycles. The molecule has 1 aromatic carbocycles. The molecule has 0 saturated heterocycles. The van der Waals surface area contributed by atoms with Crippen LogP contribution in [0.15, 0.2) is 24.4 Å². The van der Waals surface area contributed by atoms with Gasteiger partial charge >= 0.3 is 0 Å². The van der Waals surface area contributed by atoms with Gasteiger partial charge in [0.05, 0.1) is 0 Å². The monoisotopic (exact) mass is 276 g/mol. The topological polar surface area (TPSA) is 27.8 Å². The lowest BCUT2D eigenvalue weighted by atomic mass is 9.87. The molecule has 1 heterocycles. The Bertz CT molecular complexity index is 553. The van der Waals surface area contributed by atoms with E-state index in [1.165, 1.54) is 36.6 Å². The van der Waals surface area contributed by atoms with Gasteiger partial charge in [-0.1, -0.05) is 24.6 Å². The summed E-state index contributed by atoms with van der Waals surface area (Å²) in [7, 11) is 0. The highest BCUT2D eigenvalue weighted by Gasteiger charge is 2.17. The smallest absolute Gasteiger partial charge is 0.0472 e. The molecule has 0 radical (unpaired) electrons. The molecule has 3 heteroatoms. The van der Waals surface area contributed by atoms with Crippen molar-refractivity contribution in [1.29, 1.82) is 0 Å². The summed E-state index contributed by atoms with van der Waals surface area (Å²) in [6, 6.07) is 6.74. The van der Waals surface area contributed by atoms with Gasteiger partial charge in [-0.15, -0.1) is 0 Å². The van der Waals surface area contributed by atoms with Crippen LogP contribution in [0, 0.1) is 5.92 Å². The van der Waals surface area contributed by atoms with E-state index in [2.05, 4.69) is 29.5 Å². The van der Waals surface area contributed by atoms with Crippen molar-refractivity contribution in [2.75, 3.05) is 0 Å². The van der Waals surface area contributed by atoms with Crippen molar-refractivity contribution in [3.63, 3.8) is 0 Å². The first-order chi connectivity index (χ1) is 9.22. The summed E-state index contributed by atoms with van der Waals surface area (Å²) in [5, 5.41) is 5.76. The van der Waals surface area contributed by atoms with Crippen molar-refractivity contribution < 1.29 is 0 Å². The van der Waals surface area contributed by atoms with Crippen LogP contribution >= 0.6 is 11.6 Å². The van der Waals surface area contributed by atoms with E-state index in [-0.39, 0.29) is 0 Å². The first-order valence-electron chi connectivity index (χ1n) is 7.21. The Morgan fingerprint density at radius 3 is 2.84 bits per heavy atom. The third-order valence-corrected chi connectivity index (χ3v) is 4.56. The maximum atomic E-state index is 6.00. The number of halogens is 1. The van der Waals surface area contributed by atoms with E-state index < -0.39 is 0 Å². The Kier molecular flexibility index (Phi) is 3.81. The molecule has 19 heavy (non-hydrogen) atoms. The van der Waals surface area contributed by atoms with Gasteiger partial charge in [0.15, 0.2) is 0 Å². The lowest BCUT2D eigenvalue weighted by Gasteiger charge is -2.27. The fraction of sp³-hybridized carbons (Fsp3) is 0.500. The minimum absolute atomic E-state index is 0.688. The molecule has 1 fully saturated rings. The van der Waals surface area contributed by atoms with Gasteiger partial charge < -0.3 is 10.3 Å². The number of hydrogen-bond donors (Lipinski definition) is 2. The van der Waals surface area contributed by atoms with Crippen LogP contribution in [0.2, 0.25) is 5.02 Å². The fourth-order valence-corrected chi connectivity index (χ4v) is 3.20. The molecule has 3 rings (SSSR count). The highest BCUT2D eigenvalue weighted by Crippen LogP contribution is 2.25. The molecule has 0 amide bonds. The quantitative estimate of drug-likeness (QED) is 0.849. The van der Waals surface area contributed by atoms with Crippen molar-refractivity contribution in [3.05, 3.63) is 35.0 Å². The second-order valence-electron chi connectivity index (χ2n) is 5.84. The average Bonchev–Trinajstić information content (AvgIpc) is 2.80. The second-order valence-corrected chi connectivity index (χ2v) is 6.28. The SMILES string of the molecule is CC1CCC(NCc2c[nH]c3cc(Cl)ccc23)CC1. The molecular formula is C16H21ClN2. The maximum Gasteiger partial charge on any atom is 0.0472 e. The number of benzene rings is 1. The summed E-state index contributed by atoms with van der Waals surface area (Å²) in [4.78, 5) is 3.30. The molecular weight excluding hydrogens is 256 g/mol. The zero-order valence-corrected chi connectivity index (χ0v) is 12.1. The van der Waals surface area contributed by atoms with Crippen molar-refractivity contribution in [3.8, 4) is 0 Å². The molecule has 1 saturated carbocycles. The molecule has 0 atom stereocenters. The van der Waals surface area contributed by atoms with Gasteiger partial charge in [-0.25, -0.2) is 0 Å². The number of fused-ring (bicyclic) bond motifs is 1. The highest BCUT2D eigenvalue weighted by atomic mass is 35.5. The molecule has 2 nitrogen and oxygen atoms in total. The van der Waals surface area contributed by atoms with Crippen LogP contribution in [0.4, 0.5) is 0 Å². The van der Waals surface area contributed by atoms with Crippen LogP contribution in [0.3, 0.4) is 0 Å². The number of nitrogens with one attached hydrogen (secondary N) is 2. The van der Waals surface area contributed by atoms with E-state index in [9.17, 15) is 0 Å². The lowest BCUT2D eigenvalue weighted by molar-refractivity contribution is 0.307. The van der Waals surface area contributed by atoms with E-state index in [1.807, 2.05) is 12.1 Å². The van der Waals surface area contributed by atoms with Gasteiger partial charge in [0.25, 0.3) is 0 Å². The van der Waals surface area contributed by atoms with Crippen molar-refractivity contribution in [2.45, 2.75) is 45.2 Å². The summed E-state index contributed by atoms with van der Waals surface area (Å²) in [5.74, 6) is 0.910. The summed E-state index contributed by atoms with van der Waals surface area (Å²) >= 11 is 6.00. The summed E-state index contributed by atoms with van der Waals surface area (Å²) in [5.41, 5.74) is 2.46. The van der Waals surface area contributed by atoms with Crippen LogP contribution in [0.25, 0.3) is 10.9 Å². The van der Waals surface area contributed by atoms with Crippen LogP contribution in [-0.4, -0.2) is 11.0 Å². The van der Waals surface area contributed by atoms with E-state index in [0.717, 1.165) is 23.0 Å². The number of aromatic amines is 1. The van der Waals surface area contributed by atoms with E-state index in [0.29, 0.717) is 6.04 Å². The van der Waals surface area contributed by atoms with Gasteiger partial charge in [0.2, 0.25) is 0 Å². The maximum absolute atomic E-state index is 6.00. The number of hydrogen-bond acceptors (Lipinski definition) is 1. The van der Waals surface area contributed by atoms with Gasteiger partial charge in [0.1, 0.15) is 0 Å². The third kappa shape index (κ3) is 2.96. The normalized spacial score (nSPS) is 23.9. The molecule has 2 N–H and O–H groups in total. The summed E-state index contributed by atoms with van der Waals surface area (Å²) in [6.45, 7) is 3.31. The zero-order valence-electron chi connectivity index (χ0n) is 11.4. The lowest BCUT2D eigenvalue weighted by Crippen LogP contribution is -2.32. The van der Waals surface area contributed by atoms with E-state index in [4.69, 9.17) is 11.6 Å². The predicted molar refractivity (Wildman–Crippen MR) is 81.6 cm³/mol. The molecule has 1 aliphatic rings. The molecule has 2 aromatic rings. The van der Waals surface area contributed by atoms with Gasteiger partial charge in [-0.2, -0.15) is 0 Å². The molecule has 1 aromatic heterocycles. The predicted octanol–water partition coefficient (Wildman–Crippen LogP) is 4.49. The number of aromatic nitrogens is 1. The molecule has 0 unspecified atom stereocenters. The molecule has 0 spiro atoms. The van der Waals surface area contributed by atoms with Gasteiger partial charge in [-0.3, -0.25) is 0 Å². The van der Waals surface area contributed by atoms with Crippen molar-refractivity contribution >= 4 is 22.5 Å². The standard InChI is InChI=1S/C16H21ClN2/c1-11-2-5-14(6-3-11)18-9-12-10-19-16-8-13(17)4-7-15(12)16/h4,7-8,10-11,14,18-19H,2-3,5-6,9H2,1H3. The largest absolute Gasteiger partial charge is 0.361 e. The Morgan fingerprint density at radius 1 is 1.26 bits per heavy atom. The van der Waals surface area contributed by atoms with Crippen molar-refractivity contribution in [1.82, 2.24) is 10.3 Å². The number of rotatable bonds is 3. The first-order valence-corrected chi connectivity index (χ1v) is 7.59.